The van der Waals surface area contributed by atoms with Crippen molar-refractivity contribution < 1.29 is 9.53 Å². The van der Waals surface area contributed by atoms with Crippen molar-refractivity contribution in [2.24, 2.45) is 0 Å². The second-order valence-electron chi connectivity index (χ2n) is 3.76. The normalized spacial score (nSPS) is 10.3. The van der Waals surface area contributed by atoms with Gasteiger partial charge in [0.2, 0.25) is 0 Å². The summed E-state index contributed by atoms with van der Waals surface area (Å²) < 4.78 is 6.41. The van der Waals surface area contributed by atoms with Crippen LogP contribution in [0.15, 0.2) is 24.7 Å². The standard InChI is InChI=1S/C12H14N4O2/c1-3-18-12(17)11-9(13)7-16(15-11)10-6-14-5-4-8(10)2/h4-7H,3,13H2,1-2H3. The summed E-state index contributed by atoms with van der Waals surface area (Å²) in [5, 5.41) is 4.14. The monoisotopic (exact) mass is 246 g/mol. The molecule has 0 aromatic carbocycles. The van der Waals surface area contributed by atoms with Crippen LogP contribution in [-0.2, 0) is 4.74 Å². The fourth-order valence-corrected chi connectivity index (χ4v) is 1.56. The van der Waals surface area contributed by atoms with Gasteiger partial charge in [-0.1, -0.05) is 0 Å². The number of hydrogen-bond donors (Lipinski definition) is 1. The van der Waals surface area contributed by atoms with Crippen LogP contribution in [0.2, 0.25) is 0 Å². The number of hydrogen-bond acceptors (Lipinski definition) is 5. The maximum Gasteiger partial charge on any atom is 0.361 e. The molecule has 0 unspecified atom stereocenters. The highest BCUT2D eigenvalue weighted by atomic mass is 16.5. The summed E-state index contributed by atoms with van der Waals surface area (Å²) in [6, 6.07) is 1.86. The van der Waals surface area contributed by atoms with E-state index in [1.165, 1.54) is 4.68 Å². The SMILES string of the molecule is CCOC(=O)c1nn(-c2cnccc2C)cc1N. The van der Waals surface area contributed by atoms with E-state index < -0.39 is 5.97 Å². The van der Waals surface area contributed by atoms with Crippen LogP contribution in [0.25, 0.3) is 5.69 Å². The van der Waals surface area contributed by atoms with Crippen molar-refractivity contribution in [3.8, 4) is 5.69 Å². The zero-order valence-corrected chi connectivity index (χ0v) is 10.3. The molecule has 6 nitrogen and oxygen atoms in total. The molecule has 0 aliphatic carbocycles. The zero-order valence-electron chi connectivity index (χ0n) is 10.3. The first-order chi connectivity index (χ1) is 8.63. The molecule has 18 heavy (non-hydrogen) atoms. The van der Waals surface area contributed by atoms with Crippen LogP contribution in [0, 0.1) is 6.92 Å². The van der Waals surface area contributed by atoms with Crippen LogP contribution >= 0.6 is 0 Å². The molecule has 0 aliphatic rings. The van der Waals surface area contributed by atoms with Gasteiger partial charge in [0, 0.05) is 6.20 Å². The first kappa shape index (κ1) is 12.1. The second kappa shape index (κ2) is 4.87. The van der Waals surface area contributed by atoms with Crippen LogP contribution in [0.4, 0.5) is 5.69 Å². The van der Waals surface area contributed by atoms with Gasteiger partial charge < -0.3 is 10.5 Å². The van der Waals surface area contributed by atoms with E-state index in [9.17, 15) is 4.79 Å². The maximum atomic E-state index is 11.6. The third-order valence-electron chi connectivity index (χ3n) is 2.47. The minimum absolute atomic E-state index is 0.125. The van der Waals surface area contributed by atoms with Crippen LogP contribution in [0.3, 0.4) is 0 Å². The van der Waals surface area contributed by atoms with Gasteiger partial charge >= 0.3 is 5.97 Å². The number of anilines is 1. The van der Waals surface area contributed by atoms with Gasteiger partial charge in [-0.05, 0) is 25.5 Å². The Bertz CT molecular complexity index is 577. The number of nitrogens with zero attached hydrogens (tertiary/aromatic N) is 3. The predicted octanol–water partition coefficient (Wildman–Crippen LogP) is 1.33. The van der Waals surface area contributed by atoms with Gasteiger partial charge in [-0.2, -0.15) is 5.10 Å². The molecule has 0 fully saturated rings. The van der Waals surface area contributed by atoms with Crippen molar-refractivity contribution in [1.82, 2.24) is 14.8 Å². The van der Waals surface area contributed by atoms with E-state index in [1.54, 1.807) is 25.5 Å². The largest absolute Gasteiger partial charge is 0.461 e. The summed E-state index contributed by atoms with van der Waals surface area (Å²) in [5.41, 5.74) is 7.94. The van der Waals surface area contributed by atoms with Gasteiger partial charge in [0.25, 0.3) is 0 Å². The molecule has 0 saturated heterocycles. The van der Waals surface area contributed by atoms with Crippen LogP contribution < -0.4 is 5.73 Å². The number of nitrogens with two attached hydrogens (primary N) is 1. The molecule has 0 saturated carbocycles. The molecule has 0 bridgehead atoms. The highest BCUT2D eigenvalue weighted by Crippen LogP contribution is 2.16. The predicted molar refractivity (Wildman–Crippen MR) is 66.5 cm³/mol. The van der Waals surface area contributed by atoms with Crippen LogP contribution in [0.1, 0.15) is 23.0 Å². The quantitative estimate of drug-likeness (QED) is 0.826. The van der Waals surface area contributed by atoms with Gasteiger partial charge in [-0.15, -0.1) is 0 Å². The molecule has 6 heteroatoms. The molecule has 0 spiro atoms. The number of carbonyl (C=O) groups is 1. The third kappa shape index (κ3) is 2.17. The Kier molecular flexibility index (Phi) is 3.27. The van der Waals surface area contributed by atoms with Gasteiger partial charge in [0.1, 0.15) is 0 Å². The van der Waals surface area contributed by atoms with Crippen LogP contribution in [-0.4, -0.2) is 27.3 Å². The number of rotatable bonds is 3. The van der Waals surface area contributed by atoms with Crippen LogP contribution in [0.5, 0.6) is 0 Å². The van der Waals surface area contributed by atoms with E-state index in [1.807, 2.05) is 13.0 Å². The van der Waals surface area contributed by atoms with Gasteiger partial charge in [0.05, 0.1) is 30.4 Å². The molecule has 0 aliphatic heterocycles. The maximum absolute atomic E-state index is 11.6. The van der Waals surface area contributed by atoms with Gasteiger partial charge in [-0.3, -0.25) is 4.98 Å². The van der Waals surface area contributed by atoms with Crippen molar-refractivity contribution in [2.75, 3.05) is 12.3 Å². The summed E-state index contributed by atoms with van der Waals surface area (Å²) in [7, 11) is 0. The van der Waals surface area contributed by atoms with Crippen molar-refractivity contribution >= 4 is 11.7 Å². The lowest BCUT2D eigenvalue weighted by Crippen LogP contribution is -2.08. The molecular weight excluding hydrogens is 232 g/mol. The smallest absolute Gasteiger partial charge is 0.361 e. The first-order valence-corrected chi connectivity index (χ1v) is 5.56. The van der Waals surface area contributed by atoms with E-state index in [0.29, 0.717) is 0 Å². The fraction of sp³-hybridized carbons (Fsp3) is 0.250. The van der Waals surface area contributed by atoms with Gasteiger partial charge in [-0.25, -0.2) is 9.48 Å². The molecule has 2 aromatic rings. The highest BCUT2D eigenvalue weighted by molar-refractivity contribution is 5.92. The highest BCUT2D eigenvalue weighted by Gasteiger charge is 2.17. The minimum atomic E-state index is -0.518. The number of aryl methyl sites for hydroxylation is 1. The number of pyridine rings is 1. The Balaban J connectivity index is 2.41. The zero-order chi connectivity index (χ0) is 13.1. The Labute approximate surface area is 104 Å². The molecule has 2 aromatic heterocycles. The second-order valence-corrected chi connectivity index (χ2v) is 3.76. The van der Waals surface area contributed by atoms with E-state index in [2.05, 4.69) is 10.1 Å². The average Bonchev–Trinajstić information content (AvgIpc) is 2.72. The minimum Gasteiger partial charge on any atom is -0.461 e. The van der Waals surface area contributed by atoms with Crippen molar-refractivity contribution in [2.45, 2.75) is 13.8 Å². The molecule has 0 radical (unpaired) electrons. The summed E-state index contributed by atoms with van der Waals surface area (Å²) in [6.45, 7) is 3.95. The summed E-state index contributed by atoms with van der Waals surface area (Å²) in [6.07, 6.45) is 4.94. The lowest BCUT2D eigenvalue weighted by molar-refractivity contribution is 0.0520. The van der Waals surface area contributed by atoms with E-state index in [0.717, 1.165) is 11.3 Å². The molecule has 0 amide bonds. The fourth-order valence-electron chi connectivity index (χ4n) is 1.56. The molecule has 94 valence electrons. The topological polar surface area (TPSA) is 83.0 Å². The first-order valence-electron chi connectivity index (χ1n) is 5.56. The van der Waals surface area contributed by atoms with E-state index in [4.69, 9.17) is 10.5 Å². The molecule has 2 rings (SSSR count). The van der Waals surface area contributed by atoms with E-state index >= 15 is 0 Å². The Morgan fingerprint density at radius 2 is 2.33 bits per heavy atom. The number of carbonyl (C=O) groups excluding carboxylic acids is 1. The van der Waals surface area contributed by atoms with Gasteiger partial charge in [0.15, 0.2) is 5.69 Å². The lowest BCUT2D eigenvalue weighted by Gasteiger charge is -2.03. The number of esters is 1. The third-order valence-corrected chi connectivity index (χ3v) is 2.47. The summed E-state index contributed by atoms with van der Waals surface area (Å²) in [4.78, 5) is 15.6. The molecule has 2 heterocycles. The Morgan fingerprint density at radius 3 is 3.00 bits per heavy atom. The average molecular weight is 246 g/mol. The van der Waals surface area contributed by atoms with Crippen molar-refractivity contribution in [1.29, 1.82) is 0 Å². The molecule has 0 atom stereocenters. The Morgan fingerprint density at radius 1 is 1.56 bits per heavy atom. The van der Waals surface area contributed by atoms with Crippen molar-refractivity contribution in [3.05, 3.63) is 35.9 Å². The van der Waals surface area contributed by atoms with Crippen molar-refractivity contribution in [3.63, 3.8) is 0 Å². The molecular formula is C12H14N4O2. The summed E-state index contributed by atoms with van der Waals surface area (Å²) >= 11 is 0. The summed E-state index contributed by atoms with van der Waals surface area (Å²) in [5.74, 6) is -0.518. The lowest BCUT2D eigenvalue weighted by atomic mass is 10.2. The number of ether oxygens (including phenoxy) is 1. The molecule has 2 N–H and O–H groups in total. The number of nitrogen functional groups attached to an aromatic ring is 1. The Hall–Kier alpha value is -2.37. The number of aromatic nitrogens is 3. The van der Waals surface area contributed by atoms with E-state index in [-0.39, 0.29) is 18.0 Å².